The number of para-hydroxylation sites is 1. The van der Waals surface area contributed by atoms with Gasteiger partial charge in [0.2, 0.25) is 0 Å². The minimum atomic E-state index is -3.07. The Kier molecular flexibility index (Phi) is 6.03. The molecule has 0 bridgehead atoms. The Labute approximate surface area is 194 Å². The molecule has 1 aliphatic rings. The molecule has 34 heavy (non-hydrogen) atoms. The molecular weight excluding hydrogens is 446 g/mol. The van der Waals surface area contributed by atoms with Crippen LogP contribution in [0.5, 0.6) is 0 Å². The van der Waals surface area contributed by atoms with Gasteiger partial charge in [0.05, 0.1) is 30.3 Å². The molecule has 0 radical (unpaired) electrons. The van der Waals surface area contributed by atoms with Gasteiger partial charge in [-0.25, -0.2) is 18.6 Å². The molecule has 0 aliphatic carbocycles. The van der Waals surface area contributed by atoms with E-state index in [0.29, 0.717) is 16.9 Å². The number of carboxylic acids is 1. The minimum absolute atomic E-state index is 0.0893. The SMILES string of the molecule is CO[C@H]1CN(c2nc3c([C@@H](C)Nc4ccccc4C(=O)O)cc(C)cn3c(=O)c2C)CC1(F)F. The highest BCUT2D eigenvalue weighted by molar-refractivity contribution is 5.94. The van der Waals surface area contributed by atoms with E-state index in [-0.39, 0.29) is 29.0 Å². The lowest BCUT2D eigenvalue weighted by atomic mass is 10.1. The summed E-state index contributed by atoms with van der Waals surface area (Å²) in [5.41, 5.74) is 2.18. The summed E-state index contributed by atoms with van der Waals surface area (Å²) in [6.07, 6.45) is 0.358. The Morgan fingerprint density at radius 3 is 2.68 bits per heavy atom. The lowest BCUT2D eigenvalue weighted by molar-refractivity contribution is -0.0889. The number of carbonyl (C=O) groups is 1. The number of aryl methyl sites for hydroxylation is 1. The van der Waals surface area contributed by atoms with Crippen LogP contribution in [0.4, 0.5) is 20.3 Å². The summed E-state index contributed by atoms with van der Waals surface area (Å²) in [5.74, 6) is -3.95. The summed E-state index contributed by atoms with van der Waals surface area (Å²) in [5, 5.41) is 12.7. The maximum Gasteiger partial charge on any atom is 0.337 e. The number of hydrogen-bond donors (Lipinski definition) is 2. The number of alkyl halides is 2. The van der Waals surface area contributed by atoms with E-state index in [9.17, 15) is 23.5 Å². The maximum absolute atomic E-state index is 14.4. The van der Waals surface area contributed by atoms with Gasteiger partial charge in [0.1, 0.15) is 17.6 Å². The third-order valence-corrected chi connectivity index (χ3v) is 6.13. The summed E-state index contributed by atoms with van der Waals surface area (Å²) in [6, 6.07) is 7.92. The number of methoxy groups -OCH3 is 1. The van der Waals surface area contributed by atoms with Crippen LogP contribution in [0.25, 0.3) is 5.65 Å². The van der Waals surface area contributed by atoms with E-state index in [1.807, 2.05) is 19.9 Å². The van der Waals surface area contributed by atoms with Crippen molar-refractivity contribution in [2.75, 3.05) is 30.4 Å². The number of hydrogen-bond acceptors (Lipinski definition) is 6. The van der Waals surface area contributed by atoms with Crippen LogP contribution < -0.4 is 15.8 Å². The molecule has 2 N–H and O–H groups in total. The molecule has 1 aliphatic heterocycles. The highest BCUT2D eigenvalue weighted by Crippen LogP contribution is 2.34. The Bertz CT molecular complexity index is 1320. The fourth-order valence-electron chi connectivity index (χ4n) is 4.38. The largest absolute Gasteiger partial charge is 0.478 e. The lowest BCUT2D eigenvalue weighted by Gasteiger charge is -2.23. The van der Waals surface area contributed by atoms with Crippen LogP contribution in [0, 0.1) is 13.8 Å². The van der Waals surface area contributed by atoms with Crippen molar-refractivity contribution in [2.45, 2.75) is 38.8 Å². The van der Waals surface area contributed by atoms with Crippen LogP contribution in [-0.4, -0.2) is 52.7 Å². The van der Waals surface area contributed by atoms with Crippen molar-refractivity contribution in [2.24, 2.45) is 0 Å². The summed E-state index contributed by atoms with van der Waals surface area (Å²) in [4.78, 5) is 30.9. The number of ether oxygens (including phenoxy) is 1. The molecule has 8 nitrogen and oxygen atoms in total. The Hall–Kier alpha value is -3.53. The number of carboxylic acid groups (broad SMARTS) is 1. The molecule has 1 fully saturated rings. The monoisotopic (exact) mass is 472 g/mol. The number of fused-ring (bicyclic) bond motifs is 1. The van der Waals surface area contributed by atoms with Gasteiger partial charge in [-0.2, -0.15) is 0 Å². The Morgan fingerprint density at radius 1 is 1.32 bits per heavy atom. The molecule has 1 aromatic carbocycles. The number of benzene rings is 1. The zero-order valence-electron chi connectivity index (χ0n) is 19.3. The van der Waals surface area contributed by atoms with Gasteiger partial charge in [0.15, 0.2) is 0 Å². The average molecular weight is 472 g/mol. The third kappa shape index (κ3) is 4.09. The van der Waals surface area contributed by atoms with Crippen molar-refractivity contribution >= 4 is 23.1 Å². The van der Waals surface area contributed by atoms with E-state index in [0.717, 1.165) is 5.56 Å². The number of halogens is 2. The zero-order chi connectivity index (χ0) is 24.8. The lowest BCUT2D eigenvalue weighted by Crippen LogP contribution is -2.33. The average Bonchev–Trinajstić information content (AvgIpc) is 3.10. The quantitative estimate of drug-likeness (QED) is 0.565. The first kappa shape index (κ1) is 23.6. The molecule has 180 valence electrons. The van der Waals surface area contributed by atoms with Crippen molar-refractivity contribution in [1.82, 2.24) is 9.38 Å². The number of aromatic carboxylic acids is 1. The van der Waals surface area contributed by atoms with Gasteiger partial charge in [-0.15, -0.1) is 0 Å². The van der Waals surface area contributed by atoms with Crippen LogP contribution in [0.3, 0.4) is 0 Å². The van der Waals surface area contributed by atoms with Crippen molar-refractivity contribution in [3.05, 3.63) is 69.1 Å². The molecule has 0 saturated carbocycles. The van der Waals surface area contributed by atoms with Crippen molar-refractivity contribution in [3.63, 3.8) is 0 Å². The third-order valence-electron chi connectivity index (χ3n) is 6.13. The molecule has 4 rings (SSSR count). The number of nitrogens with zero attached hydrogens (tertiary/aromatic N) is 3. The van der Waals surface area contributed by atoms with E-state index in [2.05, 4.69) is 10.3 Å². The highest BCUT2D eigenvalue weighted by atomic mass is 19.3. The van der Waals surface area contributed by atoms with Gasteiger partial charge in [-0.05, 0) is 44.5 Å². The number of nitrogens with one attached hydrogen (secondary N) is 1. The van der Waals surface area contributed by atoms with Crippen LogP contribution in [0.15, 0.2) is 41.3 Å². The van der Waals surface area contributed by atoms with Gasteiger partial charge in [0.25, 0.3) is 11.5 Å². The molecule has 0 amide bonds. The van der Waals surface area contributed by atoms with Crippen LogP contribution in [0.1, 0.15) is 40.0 Å². The second kappa shape index (κ2) is 8.68. The second-order valence-corrected chi connectivity index (χ2v) is 8.61. The van der Waals surface area contributed by atoms with Crippen LogP contribution >= 0.6 is 0 Å². The van der Waals surface area contributed by atoms with Gasteiger partial charge in [0, 0.05) is 24.6 Å². The van der Waals surface area contributed by atoms with E-state index in [1.54, 1.807) is 31.3 Å². The summed E-state index contributed by atoms with van der Waals surface area (Å²) in [7, 11) is 1.24. The molecule has 0 unspecified atom stereocenters. The smallest absolute Gasteiger partial charge is 0.337 e. The van der Waals surface area contributed by atoms with E-state index in [4.69, 9.17) is 4.74 Å². The summed E-state index contributed by atoms with van der Waals surface area (Å²) < 4.78 is 35.1. The van der Waals surface area contributed by atoms with Crippen molar-refractivity contribution in [1.29, 1.82) is 0 Å². The van der Waals surface area contributed by atoms with Crippen molar-refractivity contribution in [3.8, 4) is 0 Å². The number of rotatable bonds is 6. The van der Waals surface area contributed by atoms with Gasteiger partial charge >= 0.3 is 5.97 Å². The first-order valence-electron chi connectivity index (χ1n) is 10.8. The van der Waals surface area contributed by atoms with Gasteiger partial charge < -0.3 is 20.1 Å². The van der Waals surface area contributed by atoms with Crippen LogP contribution in [-0.2, 0) is 4.74 Å². The standard InChI is InChI=1S/C24H26F2N4O4/c1-13-9-17(15(3)27-18-8-6-5-7-16(18)23(32)33)21-28-20(14(2)22(31)30(21)10-13)29-11-19(34-4)24(25,26)12-29/h5-10,15,19,27H,11-12H2,1-4H3,(H,32,33)/t15-,19+/m1/s1. The summed E-state index contributed by atoms with van der Waals surface area (Å²) in [6.45, 7) is 4.54. The fourth-order valence-corrected chi connectivity index (χ4v) is 4.38. The zero-order valence-corrected chi connectivity index (χ0v) is 19.3. The number of aromatic nitrogens is 2. The normalized spacial score (nSPS) is 18.3. The molecule has 2 aromatic heterocycles. The predicted molar refractivity (Wildman–Crippen MR) is 124 cm³/mol. The molecular formula is C24H26F2N4O4. The van der Waals surface area contributed by atoms with E-state index in [1.165, 1.54) is 22.5 Å². The van der Waals surface area contributed by atoms with E-state index < -0.39 is 30.6 Å². The second-order valence-electron chi connectivity index (χ2n) is 8.61. The fraction of sp³-hybridized carbons (Fsp3) is 0.375. The first-order valence-corrected chi connectivity index (χ1v) is 10.8. The Balaban J connectivity index is 1.82. The van der Waals surface area contributed by atoms with Gasteiger partial charge in [-0.1, -0.05) is 12.1 Å². The van der Waals surface area contributed by atoms with Crippen LogP contribution in [0.2, 0.25) is 0 Å². The minimum Gasteiger partial charge on any atom is -0.478 e. The Morgan fingerprint density at radius 2 is 2.03 bits per heavy atom. The number of pyridine rings is 1. The molecule has 10 heteroatoms. The first-order chi connectivity index (χ1) is 16.0. The topological polar surface area (TPSA) is 96.2 Å². The predicted octanol–water partition coefficient (Wildman–Crippen LogP) is 3.65. The molecule has 3 heterocycles. The van der Waals surface area contributed by atoms with Crippen molar-refractivity contribution < 1.29 is 23.4 Å². The highest BCUT2D eigenvalue weighted by Gasteiger charge is 2.49. The van der Waals surface area contributed by atoms with Gasteiger partial charge in [-0.3, -0.25) is 9.20 Å². The molecule has 3 aromatic rings. The van der Waals surface area contributed by atoms with E-state index >= 15 is 0 Å². The summed E-state index contributed by atoms with van der Waals surface area (Å²) >= 11 is 0. The molecule has 0 spiro atoms. The maximum atomic E-state index is 14.4. The number of anilines is 2. The molecule has 2 atom stereocenters. The molecule has 1 saturated heterocycles.